The highest BCUT2D eigenvalue weighted by Gasteiger charge is 2.28. The van der Waals surface area contributed by atoms with Gasteiger partial charge in [0, 0.05) is 24.9 Å². The maximum atomic E-state index is 11.3. The molecule has 2 aromatic heterocycles. The molecule has 0 spiro atoms. The Kier molecular flexibility index (Phi) is 4.20. The van der Waals surface area contributed by atoms with E-state index in [9.17, 15) is 4.79 Å². The summed E-state index contributed by atoms with van der Waals surface area (Å²) in [6, 6.07) is 1.75. The van der Waals surface area contributed by atoms with Crippen LogP contribution in [-0.4, -0.2) is 26.3 Å². The van der Waals surface area contributed by atoms with Gasteiger partial charge in [0.05, 0.1) is 10.6 Å². The molecule has 0 saturated carbocycles. The van der Waals surface area contributed by atoms with Gasteiger partial charge in [0.2, 0.25) is 5.91 Å². The highest BCUT2D eigenvalue weighted by atomic mass is 35.5. The van der Waals surface area contributed by atoms with E-state index in [1.165, 1.54) is 0 Å². The van der Waals surface area contributed by atoms with Crippen LogP contribution in [-0.2, 0) is 16.8 Å². The van der Waals surface area contributed by atoms with Gasteiger partial charge in [-0.3, -0.25) is 4.79 Å². The molecule has 0 aliphatic heterocycles. The highest BCUT2D eigenvalue weighted by molar-refractivity contribution is 6.31. The molecule has 2 rings (SSSR count). The number of aryl methyl sites for hydroxylation is 1. The number of aromatic nitrogens is 3. The van der Waals surface area contributed by atoms with Gasteiger partial charge in [0.25, 0.3) is 0 Å². The van der Waals surface area contributed by atoms with Gasteiger partial charge < -0.3 is 10.3 Å². The van der Waals surface area contributed by atoms with Crippen LogP contribution in [0.25, 0.3) is 11.2 Å². The summed E-state index contributed by atoms with van der Waals surface area (Å²) < 4.78 is 1.92. The van der Waals surface area contributed by atoms with Gasteiger partial charge in [-0.1, -0.05) is 11.6 Å². The summed E-state index contributed by atoms with van der Waals surface area (Å²) in [5.41, 5.74) is 6.18. The van der Waals surface area contributed by atoms with Crippen molar-refractivity contribution in [3.63, 3.8) is 0 Å². The lowest BCUT2D eigenvalue weighted by Gasteiger charge is -2.27. The SMILES string of the molecule is CC(C)(CC(N)=O)n1c(CCCl)nc2cc(Cl)cnc21. The molecule has 5 nitrogen and oxygen atoms in total. The maximum Gasteiger partial charge on any atom is 0.219 e. The van der Waals surface area contributed by atoms with Gasteiger partial charge in [-0.2, -0.15) is 0 Å². The first-order chi connectivity index (χ1) is 9.35. The van der Waals surface area contributed by atoms with E-state index in [4.69, 9.17) is 28.9 Å². The van der Waals surface area contributed by atoms with Gasteiger partial charge in [-0.15, -0.1) is 11.6 Å². The van der Waals surface area contributed by atoms with Gasteiger partial charge in [0.1, 0.15) is 11.3 Å². The molecule has 0 aliphatic rings. The molecule has 1 amide bonds. The van der Waals surface area contributed by atoms with Crippen LogP contribution in [0.5, 0.6) is 0 Å². The Hall–Kier alpha value is -1.33. The van der Waals surface area contributed by atoms with E-state index in [1.54, 1.807) is 12.3 Å². The Labute approximate surface area is 127 Å². The second-order valence-electron chi connectivity index (χ2n) is 5.25. The van der Waals surface area contributed by atoms with Crippen LogP contribution < -0.4 is 5.73 Å². The van der Waals surface area contributed by atoms with Gasteiger partial charge >= 0.3 is 0 Å². The number of hydrogen-bond donors (Lipinski definition) is 1. The quantitative estimate of drug-likeness (QED) is 0.861. The molecular weight excluding hydrogens is 299 g/mol. The molecule has 0 aliphatic carbocycles. The summed E-state index contributed by atoms with van der Waals surface area (Å²) in [4.78, 5) is 20.1. The van der Waals surface area contributed by atoms with E-state index in [1.807, 2.05) is 18.4 Å². The zero-order valence-corrected chi connectivity index (χ0v) is 12.9. The Balaban J connectivity index is 2.64. The van der Waals surface area contributed by atoms with Crippen LogP contribution in [0.3, 0.4) is 0 Å². The number of alkyl halides is 1. The Bertz CT molecular complexity index is 651. The Morgan fingerprint density at radius 2 is 2.20 bits per heavy atom. The lowest BCUT2D eigenvalue weighted by Crippen LogP contribution is -2.33. The molecule has 2 aromatic rings. The highest BCUT2D eigenvalue weighted by Crippen LogP contribution is 2.28. The summed E-state index contributed by atoms with van der Waals surface area (Å²) in [7, 11) is 0. The fourth-order valence-electron chi connectivity index (χ4n) is 2.38. The van der Waals surface area contributed by atoms with E-state index in [2.05, 4.69) is 9.97 Å². The monoisotopic (exact) mass is 314 g/mol. The van der Waals surface area contributed by atoms with Crippen LogP contribution in [0, 0.1) is 0 Å². The average Bonchev–Trinajstić information content (AvgIpc) is 2.65. The van der Waals surface area contributed by atoms with Crippen LogP contribution in [0.2, 0.25) is 5.02 Å². The zero-order chi connectivity index (χ0) is 14.9. The molecule has 108 valence electrons. The smallest absolute Gasteiger partial charge is 0.219 e. The molecule has 2 heterocycles. The summed E-state index contributed by atoms with van der Waals surface area (Å²) in [5, 5.41) is 0.521. The molecule has 0 saturated heterocycles. The predicted octanol–water partition coefficient (Wildman–Crippen LogP) is 2.48. The Morgan fingerprint density at radius 3 is 2.80 bits per heavy atom. The molecule has 0 fully saturated rings. The van der Waals surface area contributed by atoms with Crippen molar-refractivity contribution in [3.8, 4) is 0 Å². The fourth-order valence-corrected chi connectivity index (χ4v) is 2.70. The topological polar surface area (TPSA) is 73.8 Å². The minimum Gasteiger partial charge on any atom is -0.370 e. The number of hydrogen-bond acceptors (Lipinski definition) is 3. The van der Waals surface area contributed by atoms with Crippen LogP contribution in [0.15, 0.2) is 12.3 Å². The number of pyridine rings is 1. The number of halogens is 2. The predicted molar refractivity (Wildman–Crippen MR) is 80.1 cm³/mol. The third-order valence-electron chi connectivity index (χ3n) is 3.06. The van der Waals surface area contributed by atoms with Crippen LogP contribution in [0.4, 0.5) is 0 Å². The minimum atomic E-state index is -0.525. The third-order valence-corrected chi connectivity index (χ3v) is 3.46. The first-order valence-electron chi connectivity index (χ1n) is 6.23. The number of imidazole rings is 1. The number of carbonyl (C=O) groups excluding carboxylic acids is 1. The van der Waals surface area contributed by atoms with E-state index >= 15 is 0 Å². The van der Waals surface area contributed by atoms with E-state index in [-0.39, 0.29) is 12.3 Å². The number of nitrogens with zero attached hydrogens (tertiary/aromatic N) is 3. The van der Waals surface area contributed by atoms with Crippen molar-refractivity contribution in [2.45, 2.75) is 32.2 Å². The standard InChI is InChI=1S/C13H16Cl2N4O/c1-13(2,6-10(16)20)19-11(3-4-14)18-9-5-8(15)7-17-12(9)19/h5,7H,3-4,6H2,1-2H3,(H2,16,20). The normalized spacial score (nSPS) is 12.0. The van der Waals surface area contributed by atoms with Crippen molar-refractivity contribution >= 4 is 40.3 Å². The van der Waals surface area contributed by atoms with Crippen LogP contribution >= 0.6 is 23.2 Å². The molecule has 2 N–H and O–H groups in total. The molecule has 7 heteroatoms. The van der Waals surface area contributed by atoms with Gasteiger partial charge in [-0.25, -0.2) is 9.97 Å². The van der Waals surface area contributed by atoms with E-state index in [0.29, 0.717) is 28.5 Å². The van der Waals surface area contributed by atoms with E-state index < -0.39 is 5.54 Å². The summed E-state index contributed by atoms with van der Waals surface area (Å²) in [6.45, 7) is 3.85. The van der Waals surface area contributed by atoms with Crippen molar-refractivity contribution in [1.82, 2.24) is 14.5 Å². The minimum absolute atomic E-state index is 0.193. The summed E-state index contributed by atoms with van der Waals surface area (Å²) in [5.74, 6) is 0.836. The summed E-state index contributed by atoms with van der Waals surface area (Å²) in [6.07, 6.45) is 2.34. The molecule has 0 unspecified atom stereocenters. The lowest BCUT2D eigenvalue weighted by molar-refractivity contribution is -0.119. The number of nitrogens with two attached hydrogens (primary N) is 1. The first kappa shape index (κ1) is 15.1. The van der Waals surface area contributed by atoms with Crippen LogP contribution in [0.1, 0.15) is 26.1 Å². The number of carbonyl (C=O) groups is 1. The second-order valence-corrected chi connectivity index (χ2v) is 6.07. The maximum absolute atomic E-state index is 11.3. The molecule has 0 radical (unpaired) electrons. The molecule has 20 heavy (non-hydrogen) atoms. The zero-order valence-electron chi connectivity index (χ0n) is 11.4. The molecule has 0 aromatic carbocycles. The number of fused-ring (bicyclic) bond motifs is 1. The number of amides is 1. The fraction of sp³-hybridized carbons (Fsp3) is 0.462. The van der Waals surface area contributed by atoms with Crippen molar-refractivity contribution < 1.29 is 4.79 Å². The Morgan fingerprint density at radius 1 is 1.50 bits per heavy atom. The van der Waals surface area contributed by atoms with Crippen molar-refractivity contribution in [1.29, 1.82) is 0 Å². The van der Waals surface area contributed by atoms with Gasteiger partial charge in [-0.05, 0) is 19.9 Å². The van der Waals surface area contributed by atoms with Gasteiger partial charge in [0.15, 0.2) is 5.65 Å². The first-order valence-corrected chi connectivity index (χ1v) is 7.14. The van der Waals surface area contributed by atoms with Crippen molar-refractivity contribution in [2.75, 3.05) is 5.88 Å². The largest absolute Gasteiger partial charge is 0.370 e. The molecular formula is C13H16Cl2N4O. The van der Waals surface area contributed by atoms with Crippen molar-refractivity contribution in [2.24, 2.45) is 5.73 Å². The van der Waals surface area contributed by atoms with E-state index in [0.717, 1.165) is 5.82 Å². The lowest BCUT2D eigenvalue weighted by atomic mass is 9.99. The third kappa shape index (κ3) is 2.88. The number of primary amides is 1. The molecule has 0 atom stereocenters. The summed E-state index contributed by atoms with van der Waals surface area (Å²) >= 11 is 11.8. The van der Waals surface area contributed by atoms with Crippen molar-refractivity contribution in [3.05, 3.63) is 23.1 Å². The second kappa shape index (κ2) is 5.58. The number of rotatable bonds is 5. The molecule has 0 bridgehead atoms. The average molecular weight is 315 g/mol.